The molecular formula is C11H15FN2. The van der Waals surface area contributed by atoms with Crippen LogP contribution < -0.4 is 11.1 Å². The van der Waals surface area contributed by atoms with Crippen molar-refractivity contribution in [3.63, 3.8) is 0 Å². The molecule has 1 heterocycles. The quantitative estimate of drug-likeness (QED) is 0.746. The number of hydrogen-bond donors (Lipinski definition) is 2. The molecule has 1 atom stereocenters. The first-order valence-electron chi connectivity index (χ1n) is 4.91. The van der Waals surface area contributed by atoms with Crippen molar-refractivity contribution in [1.29, 1.82) is 0 Å². The fourth-order valence-electron chi connectivity index (χ4n) is 1.71. The molecule has 0 amide bonds. The Labute approximate surface area is 83.3 Å². The molecule has 3 N–H and O–H groups in total. The van der Waals surface area contributed by atoms with Gasteiger partial charge in [-0.2, -0.15) is 0 Å². The SMILES string of the molecule is Cc1cc(C(N)C2CNC2)ccc1F. The number of benzene rings is 1. The highest BCUT2D eigenvalue weighted by atomic mass is 19.1. The van der Waals surface area contributed by atoms with E-state index in [-0.39, 0.29) is 11.9 Å². The van der Waals surface area contributed by atoms with E-state index in [0.29, 0.717) is 11.5 Å². The molecule has 0 spiro atoms. The molecule has 0 radical (unpaired) electrons. The van der Waals surface area contributed by atoms with Crippen molar-refractivity contribution in [3.05, 3.63) is 35.1 Å². The molecule has 2 nitrogen and oxygen atoms in total. The average molecular weight is 194 g/mol. The van der Waals surface area contributed by atoms with Gasteiger partial charge >= 0.3 is 0 Å². The molecule has 14 heavy (non-hydrogen) atoms. The third-order valence-corrected chi connectivity index (χ3v) is 2.89. The fourth-order valence-corrected chi connectivity index (χ4v) is 1.71. The predicted octanol–water partition coefficient (Wildman–Crippen LogP) is 1.35. The second-order valence-corrected chi connectivity index (χ2v) is 3.95. The fraction of sp³-hybridized carbons (Fsp3) is 0.455. The van der Waals surface area contributed by atoms with Crippen LogP contribution in [-0.4, -0.2) is 13.1 Å². The Morgan fingerprint density at radius 3 is 2.71 bits per heavy atom. The van der Waals surface area contributed by atoms with Gasteiger partial charge in [0.1, 0.15) is 5.82 Å². The number of halogens is 1. The summed E-state index contributed by atoms with van der Waals surface area (Å²) >= 11 is 0. The molecular weight excluding hydrogens is 179 g/mol. The molecule has 1 aromatic rings. The Morgan fingerprint density at radius 2 is 2.21 bits per heavy atom. The average Bonchev–Trinajstić information content (AvgIpc) is 2.06. The van der Waals surface area contributed by atoms with Gasteiger partial charge in [-0.25, -0.2) is 4.39 Å². The van der Waals surface area contributed by atoms with Crippen LogP contribution in [0.1, 0.15) is 17.2 Å². The maximum atomic E-state index is 13.0. The molecule has 76 valence electrons. The molecule has 1 aromatic carbocycles. The summed E-state index contributed by atoms with van der Waals surface area (Å²) in [4.78, 5) is 0. The van der Waals surface area contributed by atoms with Gasteiger partial charge in [-0.3, -0.25) is 0 Å². The van der Waals surface area contributed by atoms with Crippen LogP contribution in [-0.2, 0) is 0 Å². The zero-order valence-corrected chi connectivity index (χ0v) is 8.26. The molecule has 1 saturated heterocycles. The normalized spacial score (nSPS) is 19.1. The number of nitrogens with two attached hydrogens (primary N) is 1. The van der Waals surface area contributed by atoms with E-state index < -0.39 is 0 Å². The lowest BCUT2D eigenvalue weighted by Crippen LogP contribution is -2.47. The predicted molar refractivity (Wildman–Crippen MR) is 54.4 cm³/mol. The van der Waals surface area contributed by atoms with Crippen LogP contribution in [0, 0.1) is 18.7 Å². The first kappa shape index (κ1) is 9.62. The molecule has 0 aromatic heterocycles. The summed E-state index contributed by atoms with van der Waals surface area (Å²) in [6.45, 7) is 3.71. The zero-order chi connectivity index (χ0) is 10.1. The lowest BCUT2D eigenvalue weighted by Gasteiger charge is -2.32. The van der Waals surface area contributed by atoms with E-state index in [4.69, 9.17) is 5.73 Å². The van der Waals surface area contributed by atoms with Crippen LogP contribution in [0.3, 0.4) is 0 Å². The van der Waals surface area contributed by atoms with Crippen LogP contribution >= 0.6 is 0 Å². The highest BCUT2D eigenvalue weighted by Gasteiger charge is 2.25. The first-order chi connectivity index (χ1) is 6.68. The van der Waals surface area contributed by atoms with Gasteiger partial charge in [0.15, 0.2) is 0 Å². The second-order valence-electron chi connectivity index (χ2n) is 3.95. The van der Waals surface area contributed by atoms with Crippen molar-refractivity contribution in [3.8, 4) is 0 Å². The van der Waals surface area contributed by atoms with Gasteiger partial charge in [-0.1, -0.05) is 12.1 Å². The van der Waals surface area contributed by atoms with Gasteiger partial charge in [-0.15, -0.1) is 0 Å². The highest BCUT2D eigenvalue weighted by Crippen LogP contribution is 2.23. The lowest BCUT2D eigenvalue weighted by atomic mass is 9.89. The summed E-state index contributed by atoms with van der Waals surface area (Å²) in [5.41, 5.74) is 7.77. The van der Waals surface area contributed by atoms with Gasteiger partial charge < -0.3 is 11.1 Å². The maximum absolute atomic E-state index is 13.0. The van der Waals surface area contributed by atoms with Crippen molar-refractivity contribution in [2.45, 2.75) is 13.0 Å². The Balaban J connectivity index is 2.18. The van der Waals surface area contributed by atoms with E-state index in [0.717, 1.165) is 18.7 Å². The number of nitrogens with one attached hydrogen (secondary N) is 1. The van der Waals surface area contributed by atoms with Crippen LogP contribution in [0.5, 0.6) is 0 Å². The zero-order valence-electron chi connectivity index (χ0n) is 8.26. The molecule has 2 rings (SSSR count). The van der Waals surface area contributed by atoms with E-state index in [1.54, 1.807) is 13.0 Å². The van der Waals surface area contributed by atoms with Crippen molar-refractivity contribution < 1.29 is 4.39 Å². The number of rotatable bonds is 2. The van der Waals surface area contributed by atoms with E-state index in [9.17, 15) is 4.39 Å². The summed E-state index contributed by atoms with van der Waals surface area (Å²) in [5, 5.41) is 3.18. The minimum absolute atomic E-state index is 0.0375. The third-order valence-electron chi connectivity index (χ3n) is 2.89. The Hall–Kier alpha value is -0.930. The molecule has 1 aliphatic rings. The third kappa shape index (κ3) is 1.65. The van der Waals surface area contributed by atoms with Crippen molar-refractivity contribution in [2.75, 3.05) is 13.1 Å². The van der Waals surface area contributed by atoms with Crippen LogP contribution in [0.15, 0.2) is 18.2 Å². The smallest absolute Gasteiger partial charge is 0.126 e. The molecule has 0 aliphatic carbocycles. The van der Waals surface area contributed by atoms with Gasteiger partial charge in [0, 0.05) is 25.0 Å². The largest absolute Gasteiger partial charge is 0.324 e. The topological polar surface area (TPSA) is 38.0 Å². The second kappa shape index (κ2) is 3.67. The molecule has 0 bridgehead atoms. The van der Waals surface area contributed by atoms with Gasteiger partial charge in [0.25, 0.3) is 0 Å². The summed E-state index contributed by atoms with van der Waals surface area (Å²) in [7, 11) is 0. The first-order valence-corrected chi connectivity index (χ1v) is 4.91. The Bertz CT molecular complexity index is 334. The summed E-state index contributed by atoms with van der Waals surface area (Å²) in [6, 6.07) is 5.16. The van der Waals surface area contributed by atoms with E-state index in [1.807, 2.05) is 6.07 Å². The van der Waals surface area contributed by atoms with Crippen molar-refractivity contribution in [2.24, 2.45) is 11.7 Å². The van der Waals surface area contributed by atoms with Gasteiger partial charge in [0.05, 0.1) is 0 Å². The number of hydrogen-bond acceptors (Lipinski definition) is 2. The van der Waals surface area contributed by atoms with Crippen molar-refractivity contribution in [1.82, 2.24) is 5.32 Å². The van der Waals surface area contributed by atoms with Crippen LogP contribution in [0.2, 0.25) is 0 Å². The summed E-state index contributed by atoms with van der Waals surface area (Å²) in [5.74, 6) is 0.340. The Kier molecular flexibility index (Phi) is 2.52. The molecule has 1 unspecified atom stereocenters. The van der Waals surface area contributed by atoms with Gasteiger partial charge in [-0.05, 0) is 24.1 Å². The van der Waals surface area contributed by atoms with Crippen LogP contribution in [0.4, 0.5) is 4.39 Å². The van der Waals surface area contributed by atoms with Crippen molar-refractivity contribution >= 4 is 0 Å². The highest BCUT2D eigenvalue weighted by molar-refractivity contribution is 5.27. The maximum Gasteiger partial charge on any atom is 0.126 e. The standard InChI is InChI=1S/C11H15FN2/c1-7-4-8(2-3-10(7)12)11(13)9-5-14-6-9/h2-4,9,11,14H,5-6,13H2,1H3. The summed E-state index contributed by atoms with van der Waals surface area (Å²) < 4.78 is 13.0. The van der Waals surface area contributed by atoms with Crippen LogP contribution in [0.25, 0.3) is 0 Å². The minimum Gasteiger partial charge on any atom is -0.324 e. The number of aryl methyl sites for hydroxylation is 1. The minimum atomic E-state index is -0.160. The van der Waals surface area contributed by atoms with E-state index in [1.165, 1.54) is 6.07 Å². The molecule has 1 aliphatic heterocycles. The molecule has 1 fully saturated rings. The van der Waals surface area contributed by atoms with E-state index >= 15 is 0 Å². The monoisotopic (exact) mass is 194 g/mol. The lowest BCUT2D eigenvalue weighted by molar-refractivity contribution is 0.294. The Morgan fingerprint density at radius 1 is 1.50 bits per heavy atom. The van der Waals surface area contributed by atoms with Gasteiger partial charge in [0.2, 0.25) is 0 Å². The van der Waals surface area contributed by atoms with E-state index in [2.05, 4.69) is 5.32 Å². The molecule has 3 heteroatoms. The molecule has 0 saturated carbocycles. The summed E-state index contributed by atoms with van der Waals surface area (Å²) in [6.07, 6.45) is 0.